The van der Waals surface area contributed by atoms with Crippen molar-refractivity contribution in [2.75, 3.05) is 11.5 Å². The highest BCUT2D eigenvalue weighted by atomic mass is 79.9. The molecular formula is C20H20BrN7O. The van der Waals surface area contributed by atoms with Crippen LogP contribution in [0.4, 0.5) is 11.6 Å². The Morgan fingerprint density at radius 1 is 1.07 bits per heavy atom. The van der Waals surface area contributed by atoms with E-state index in [1.165, 1.54) is 0 Å². The summed E-state index contributed by atoms with van der Waals surface area (Å²) in [6.45, 7) is 4.52. The molecule has 29 heavy (non-hydrogen) atoms. The summed E-state index contributed by atoms with van der Waals surface area (Å²) in [5.74, 6) is 2.14. The first-order chi connectivity index (χ1) is 13.9. The second-order valence-corrected chi connectivity index (χ2v) is 7.67. The molecule has 1 atom stereocenters. The SMILES string of the molecule is Cc1nc2ccc(-c3cc(N)nc(N)c3)nc2n1CC(C)Oc1ccc(Br)cn1. The number of hydrogen-bond acceptors (Lipinski definition) is 7. The first-order valence-corrected chi connectivity index (χ1v) is 9.84. The third kappa shape index (κ3) is 4.14. The van der Waals surface area contributed by atoms with E-state index in [0.717, 1.165) is 32.7 Å². The number of aryl methyl sites for hydroxylation is 1. The van der Waals surface area contributed by atoms with Gasteiger partial charge in [0, 0.05) is 22.3 Å². The van der Waals surface area contributed by atoms with Crippen LogP contribution in [0.1, 0.15) is 12.7 Å². The fraction of sp³-hybridized carbons (Fsp3) is 0.200. The van der Waals surface area contributed by atoms with Crippen molar-refractivity contribution in [3.63, 3.8) is 0 Å². The lowest BCUT2D eigenvalue weighted by molar-refractivity contribution is 0.192. The second kappa shape index (κ2) is 7.67. The summed E-state index contributed by atoms with van der Waals surface area (Å²) in [5, 5.41) is 0. The number of fused-ring (bicyclic) bond motifs is 1. The summed E-state index contributed by atoms with van der Waals surface area (Å²) in [5.41, 5.74) is 14.8. The van der Waals surface area contributed by atoms with Crippen LogP contribution in [-0.2, 0) is 6.54 Å². The summed E-state index contributed by atoms with van der Waals surface area (Å²) in [6.07, 6.45) is 1.58. The van der Waals surface area contributed by atoms with Crippen molar-refractivity contribution in [1.29, 1.82) is 0 Å². The van der Waals surface area contributed by atoms with Gasteiger partial charge >= 0.3 is 0 Å². The molecule has 0 fully saturated rings. The highest BCUT2D eigenvalue weighted by molar-refractivity contribution is 9.10. The molecule has 0 aromatic carbocycles. The number of ether oxygens (including phenoxy) is 1. The van der Waals surface area contributed by atoms with Gasteiger partial charge in [-0.1, -0.05) is 0 Å². The van der Waals surface area contributed by atoms with E-state index in [0.29, 0.717) is 24.1 Å². The normalized spacial score (nSPS) is 12.2. The molecule has 0 bridgehead atoms. The average molecular weight is 454 g/mol. The summed E-state index contributed by atoms with van der Waals surface area (Å²) in [6, 6.07) is 11.1. The molecule has 8 nitrogen and oxygen atoms in total. The predicted octanol–water partition coefficient (Wildman–Crippen LogP) is 3.59. The topological polar surface area (TPSA) is 118 Å². The number of aromatic nitrogens is 5. The fourth-order valence-electron chi connectivity index (χ4n) is 3.15. The summed E-state index contributed by atoms with van der Waals surface area (Å²) < 4.78 is 8.89. The van der Waals surface area contributed by atoms with Crippen LogP contribution in [0.2, 0.25) is 0 Å². The van der Waals surface area contributed by atoms with Crippen molar-refractivity contribution in [3.05, 3.63) is 52.9 Å². The van der Waals surface area contributed by atoms with E-state index in [1.807, 2.05) is 42.7 Å². The molecule has 0 amide bonds. The van der Waals surface area contributed by atoms with Crippen molar-refractivity contribution in [1.82, 2.24) is 24.5 Å². The van der Waals surface area contributed by atoms with Crippen molar-refractivity contribution >= 4 is 38.7 Å². The molecule has 148 valence electrons. The minimum absolute atomic E-state index is 0.127. The smallest absolute Gasteiger partial charge is 0.213 e. The number of imidazole rings is 1. The molecule has 4 rings (SSSR count). The van der Waals surface area contributed by atoms with E-state index in [9.17, 15) is 0 Å². The number of rotatable bonds is 5. The Morgan fingerprint density at radius 2 is 1.83 bits per heavy atom. The zero-order valence-electron chi connectivity index (χ0n) is 16.0. The lowest BCUT2D eigenvalue weighted by Crippen LogP contribution is -2.21. The maximum absolute atomic E-state index is 5.94. The Morgan fingerprint density at radius 3 is 2.52 bits per heavy atom. The van der Waals surface area contributed by atoms with Gasteiger partial charge in [-0.15, -0.1) is 0 Å². The number of halogens is 1. The molecule has 0 aliphatic heterocycles. The molecule has 1 unspecified atom stereocenters. The first kappa shape index (κ1) is 19.1. The molecule has 0 spiro atoms. The van der Waals surface area contributed by atoms with E-state index < -0.39 is 0 Å². The van der Waals surface area contributed by atoms with Gasteiger partial charge in [0.15, 0.2) is 5.65 Å². The van der Waals surface area contributed by atoms with Gasteiger partial charge in [0.2, 0.25) is 5.88 Å². The molecular weight excluding hydrogens is 434 g/mol. The largest absolute Gasteiger partial charge is 0.473 e. The summed E-state index contributed by atoms with van der Waals surface area (Å²) in [4.78, 5) is 17.7. The number of nitrogens with zero attached hydrogens (tertiary/aromatic N) is 5. The van der Waals surface area contributed by atoms with Gasteiger partial charge in [0.25, 0.3) is 0 Å². The fourth-order valence-corrected chi connectivity index (χ4v) is 3.38. The van der Waals surface area contributed by atoms with Gasteiger partial charge in [-0.2, -0.15) is 0 Å². The van der Waals surface area contributed by atoms with Gasteiger partial charge in [-0.3, -0.25) is 0 Å². The van der Waals surface area contributed by atoms with Gasteiger partial charge < -0.3 is 20.8 Å². The van der Waals surface area contributed by atoms with Crippen LogP contribution in [0, 0.1) is 6.92 Å². The van der Waals surface area contributed by atoms with E-state index in [1.54, 1.807) is 18.3 Å². The van der Waals surface area contributed by atoms with Crippen LogP contribution in [0.3, 0.4) is 0 Å². The molecule has 0 aliphatic carbocycles. The second-order valence-electron chi connectivity index (χ2n) is 6.76. The molecule has 4 aromatic heterocycles. The lowest BCUT2D eigenvalue weighted by atomic mass is 10.1. The molecule has 4 heterocycles. The molecule has 0 aliphatic rings. The minimum atomic E-state index is -0.127. The standard InChI is InChI=1S/C20H20BrN7O/c1-11(29-19-6-3-14(21)9-24-19)10-28-12(2)25-16-5-4-15(26-20(16)28)13-7-17(22)27-18(23)8-13/h3-9,11H,10H2,1-2H3,(H4,22,23,27). The first-order valence-electron chi connectivity index (χ1n) is 9.04. The molecule has 0 saturated carbocycles. The third-order valence-electron chi connectivity index (χ3n) is 4.41. The van der Waals surface area contributed by atoms with Crippen LogP contribution < -0.4 is 16.2 Å². The van der Waals surface area contributed by atoms with Crippen LogP contribution in [-0.4, -0.2) is 30.6 Å². The van der Waals surface area contributed by atoms with Crippen LogP contribution in [0.15, 0.2) is 47.1 Å². The van der Waals surface area contributed by atoms with Crippen molar-refractivity contribution in [2.45, 2.75) is 26.5 Å². The monoisotopic (exact) mass is 453 g/mol. The summed E-state index contributed by atoms with van der Waals surface area (Å²) >= 11 is 3.37. The van der Waals surface area contributed by atoms with Crippen molar-refractivity contribution in [3.8, 4) is 17.1 Å². The van der Waals surface area contributed by atoms with E-state index >= 15 is 0 Å². The quantitative estimate of drug-likeness (QED) is 0.473. The van der Waals surface area contributed by atoms with Crippen molar-refractivity contribution in [2.24, 2.45) is 0 Å². The van der Waals surface area contributed by atoms with Crippen LogP contribution in [0.25, 0.3) is 22.4 Å². The van der Waals surface area contributed by atoms with Crippen LogP contribution in [0.5, 0.6) is 5.88 Å². The maximum Gasteiger partial charge on any atom is 0.213 e. The molecule has 4 N–H and O–H groups in total. The predicted molar refractivity (Wildman–Crippen MR) is 116 cm³/mol. The minimum Gasteiger partial charge on any atom is -0.473 e. The van der Waals surface area contributed by atoms with Gasteiger partial charge in [0.05, 0.1) is 12.2 Å². The van der Waals surface area contributed by atoms with Gasteiger partial charge in [-0.05, 0) is 60.1 Å². The van der Waals surface area contributed by atoms with Gasteiger partial charge in [-0.25, -0.2) is 19.9 Å². The molecule has 9 heteroatoms. The zero-order chi connectivity index (χ0) is 20.5. The Balaban J connectivity index is 1.65. The number of hydrogen-bond donors (Lipinski definition) is 2. The zero-order valence-corrected chi connectivity index (χ0v) is 17.6. The third-order valence-corrected chi connectivity index (χ3v) is 4.87. The number of nitrogen functional groups attached to an aromatic ring is 2. The van der Waals surface area contributed by atoms with E-state index in [4.69, 9.17) is 21.2 Å². The highest BCUT2D eigenvalue weighted by Gasteiger charge is 2.15. The van der Waals surface area contributed by atoms with E-state index in [-0.39, 0.29) is 6.10 Å². The number of nitrogens with two attached hydrogens (primary N) is 2. The lowest BCUT2D eigenvalue weighted by Gasteiger charge is -2.16. The van der Waals surface area contributed by atoms with Gasteiger partial charge in [0.1, 0.15) is 29.1 Å². The van der Waals surface area contributed by atoms with E-state index in [2.05, 4.69) is 30.9 Å². The number of anilines is 2. The Hall–Kier alpha value is -3.20. The van der Waals surface area contributed by atoms with Crippen LogP contribution >= 0.6 is 15.9 Å². The highest BCUT2D eigenvalue weighted by Crippen LogP contribution is 2.24. The number of pyridine rings is 3. The molecule has 0 saturated heterocycles. The Labute approximate surface area is 176 Å². The molecule has 0 radical (unpaired) electrons. The average Bonchev–Trinajstić information content (AvgIpc) is 2.97. The van der Waals surface area contributed by atoms with Crippen molar-refractivity contribution < 1.29 is 4.74 Å². The Kier molecular flexibility index (Phi) is 5.06. The Bertz CT molecular complexity index is 1150. The maximum atomic E-state index is 5.94. The molecule has 4 aromatic rings. The summed E-state index contributed by atoms with van der Waals surface area (Å²) in [7, 11) is 0.